The molecule has 0 saturated carbocycles. The lowest BCUT2D eigenvalue weighted by atomic mass is 10.0. The fraction of sp³-hybridized carbons (Fsp3) is 0.222. The van der Waals surface area contributed by atoms with Crippen molar-refractivity contribution in [1.82, 2.24) is 24.8 Å². The predicted molar refractivity (Wildman–Crippen MR) is 92.2 cm³/mol. The number of nitrogens with zero attached hydrogens (tertiary/aromatic N) is 4. The van der Waals surface area contributed by atoms with Crippen LogP contribution in [0.25, 0.3) is 5.82 Å². The van der Waals surface area contributed by atoms with Crippen LogP contribution in [0.15, 0.2) is 61.4 Å². The van der Waals surface area contributed by atoms with E-state index in [0.29, 0.717) is 24.3 Å². The highest BCUT2D eigenvalue weighted by atomic mass is 16.3. The van der Waals surface area contributed by atoms with Crippen molar-refractivity contribution in [1.29, 1.82) is 0 Å². The van der Waals surface area contributed by atoms with Gasteiger partial charge in [0.25, 0.3) is 5.91 Å². The molecule has 0 aromatic carbocycles. The first-order valence-corrected chi connectivity index (χ1v) is 7.99. The van der Waals surface area contributed by atoms with E-state index in [-0.39, 0.29) is 18.4 Å². The largest absolute Gasteiger partial charge is 0.396 e. The number of aliphatic hydroxyl groups excluding tert-OH is 1. The maximum absolute atomic E-state index is 12.4. The van der Waals surface area contributed by atoms with Gasteiger partial charge in [0.1, 0.15) is 12.1 Å². The van der Waals surface area contributed by atoms with Gasteiger partial charge in [0.2, 0.25) is 0 Å². The molecule has 0 spiro atoms. The molecule has 0 fully saturated rings. The Kier molecular flexibility index (Phi) is 5.48. The summed E-state index contributed by atoms with van der Waals surface area (Å²) in [5.74, 6) is 0.328. The highest BCUT2D eigenvalue weighted by Crippen LogP contribution is 2.08. The number of pyridine rings is 2. The average Bonchev–Trinajstić information content (AvgIpc) is 3.20. The van der Waals surface area contributed by atoms with Gasteiger partial charge in [-0.3, -0.25) is 14.3 Å². The van der Waals surface area contributed by atoms with Crippen LogP contribution in [0.5, 0.6) is 0 Å². The smallest absolute Gasteiger partial charge is 0.251 e. The number of carbonyl (C=O) groups is 1. The fourth-order valence-electron chi connectivity index (χ4n) is 2.45. The Morgan fingerprint density at radius 3 is 2.84 bits per heavy atom. The summed E-state index contributed by atoms with van der Waals surface area (Å²) >= 11 is 0. The quantitative estimate of drug-likeness (QED) is 0.677. The monoisotopic (exact) mass is 337 g/mol. The minimum absolute atomic E-state index is 0.0204. The van der Waals surface area contributed by atoms with E-state index in [9.17, 15) is 9.90 Å². The molecule has 3 aromatic rings. The summed E-state index contributed by atoms with van der Waals surface area (Å²) in [6, 6.07) is 9.02. The van der Waals surface area contributed by atoms with Gasteiger partial charge < -0.3 is 10.4 Å². The molecule has 25 heavy (non-hydrogen) atoms. The third-order valence-electron chi connectivity index (χ3n) is 3.81. The zero-order chi connectivity index (χ0) is 17.5. The van der Waals surface area contributed by atoms with Crippen LogP contribution in [0, 0.1) is 5.92 Å². The molecule has 0 saturated heterocycles. The number of nitrogens with one attached hydrogen (secondary N) is 1. The Hall–Kier alpha value is -3.06. The second-order valence-electron chi connectivity index (χ2n) is 5.66. The summed E-state index contributed by atoms with van der Waals surface area (Å²) in [4.78, 5) is 24.8. The van der Waals surface area contributed by atoms with E-state index in [1.165, 1.54) is 0 Å². The average molecular weight is 337 g/mol. The first-order chi connectivity index (χ1) is 12.3. The Labute approximate surface area is 145 Å². The predicted octanol–water partition coefficient (Wildman–Crippen LogP) is 1.24. The van der Waals surface area contributed by atoms with Crippen LogP contribution >= 0.6 is 0 Å². The Balaban J connectivity index is 1.61. The summed E-state index contributed by atoms with van der Waals surface area (Å²) in [6.45, 7) is 0.349. The molecule has 7 heteroatoms. The molecule has 0 bridgehead atoms. The number of hydrogen-bond donors (Lipinski definition) is 2. The van der Waals surface area contributed by atoms with Gasteiger partial charge in [-0.25, -0.2) is 9.97 Å². The van der Waals surface area contributed by atoms with E-state index in [4.69, 9.17) is 0 Å². The zero-order valence-electron chi connectivity index (χ0n) is 13.6. The van der Waals surface area contributed by atoms with E-state index in [1.807, 2.05) is 18.2 Å². The summed E-state index contributed by atoms with van der Waals surface area (Å²) in [7, 11) is 0. The number of aromatic nitrogens is 4. The summed E-state index contributed by atoms with van der Waals surface area (Å²) in [6.07, 6.45) is 8.95. The minimum atomic E-state index is -0.205. The van der Waals surface area contributed by atoms with Crippen LogP contribution in [-0.2, 0) is 6.42 Å². The van der Waals surface area contributed by atoms with Crippen LogP contribution in [-0.4, -0.2) is 43.7 Å². The molecule has 0 aliphatic rings. The number of amides is 1. The standard InChI is InChI=1S/C18H19N5O2/c24-12-14(9-16-3-1-2-5-20-16)11-22-18(25)15-4-6-21-17(10-15)23-8-7-19-13-23/h1-8,10,13-14,24H,9,11-12H2,(H,22,25). The number of aliphatic hydroxyl groups is 1. The number of rotatable bonds is 7. The maximum Gasteiger partial charge on any atom is 0.251 e. The molecular formula is C18H19N5O2. The van der Waals surface area contributed by atoms with Gasteiger partial charge in [0, 0.05) is 55.1 Å². The van der Waals surface area contributed by atoms with Crippen molar-refractivity contribution in [3.63, 3.8) is 0 Å². The fourth-order valence-corrected chi connectivity index (χ4v) is 2.45. The highest BCUT2D eigenvalue weighted by molar-refractivity contribution is 5.94. The lowest BCUT2D eigenvalue weighted by Gasteiger charge is -2.15. The van der Waals surface area contributed by atoms with Crippen molar-refractivity contribution in [3.05, 3.63) is 72.7 Å². The highest BCUT2D eigenvalue weighted by Gasteiger charge is 2.13. The van der Waals surface area contributed by atoms with Gasteiger partial charge in [-0.05, 0) is 30.7 Å². The summed E-state index contributed by atoms with van der Waals surface area (Å²) in [5, 5.41) is 12.4. The first kappa shape index (κ1) is 16.8. The number of hydrogen-bond acceptors (Lipinski definition) is 5. The number of imidazole rings is 1. The Bertz CT molecular complexity index is 805. The second-order valence-corrected chi connectivity index (χ2v) is 5.66. The Morgan fingerprint density at radius 2 is 2.12 bits per heavy atom. The number of carbonyl (C=O) groups excluding carboxylic acids is 1. The van der Waals surface area contributed by atoms with Crippen molar-refractivity contribution in [2.24, 2.45) is 5.92 Å². The van der Waals surface area contributed by atoms with Gasteiger partial charge >= 0.3 is 0 Å². The van der Waals surface area contributed by atoms with Crippen LogP contribution in [0.2, 0.25) is 0 Å². The van der Waals surface area contributed by atoms with Crippen LogP contribution < -0.4 is 5.32 Å². The molecule has 3 heterocycles. The molecule has 3 rings (SSSR count). The zero-order valence-corrected chi connectivity index (χ0v) is 13.6. The lowest BCUT2D eigenvalue weighted by molar-refractivity contribution is 0.0939. The topological polar surface area (TPSA) is 92.9 Å². The molecular weight excluding hydrogens is 318 g/mol. The van der Waals surface area contributed by atoms with Crippen molar-refractivity contribution in [2.45, 2.75) is 6.42 Å². The lowest BCUT2D eigenvalue weighted by Crippen LogP contribution is -2.32. The molecule has 2 N–H and O–H groups in total. The van der Waals surface area contributed by atoms with Gasteiger partial charge in [-0.15, -0.1) is 0 Å². The first-order valence-electron chi connectivity index (χ1n) is 7.99. The molecule has 0 aliphatic carbocycles. The molecule has 1 amide bonds. The molecule has 7 nitrogen and oxygen atoms in total. The van der Waals surface area contributed by atoms with Gasteiger partial charge in [0.05, 0.1) is 0 Å². The molecule has 3 aromatic heterocycles. The van der Waals surface area contributed by atoms with E-state index in [1.54, 1.807) is 47.8 Å². The van der Waals surface area contributed by atoms with Crippen LogP contribution in [0.3, 0.4) is 0 Å². The van der Waals surface area contributed by atoms with Crippen molar-refractivity contribution in [3.8, 4) is 5.82 Å². The molecule has 1 atom stereocenters. The summed E-state index contributed by atoms with van der Waals surface area (Å²) in [5.41, 5.74) is 1.40. The third-order valence-corrected chi connectivity index (χ3v) is 3.81. The van der Waals surface area contributed by atoms with E-state index in [0.717, 1.165) is 5.69 Å². The normalized spacial score (nSPS) is 11.9. The van der Waals surface area contributed by atoms with Gasteiger partial charge in [-0.1, -0.05) is 6.07 Å². The third kappa shape index (κ3) is 4.48. The van der Waals surface area contributed by atoms with E-state index < -0.39 is 0 Å². The van der Waals surface area contributed by atoms with E-state index in [2.05, 4.69) is 20.3 Å². The Morgan fingerprint density at radius 1 is 1.20 bits per heavy atom. The van der Waals surface area contributed by atoms with Gasteiger partial charge in [0.15, 0.2) is 0 Å². The minimum Gasteiger partial charge on any atom is -0.396 e. The molecule has 1 unspecified atom stereocenters. The van der Waals surface area contributed by atoms with E-state index >= 15 is 0 Å². The molecule has 0 radical (unpaired) electrons. The van der Waals surface area contributed by atoms with Crippen molar-refractivity contribution < 1.29 is 9.90 Å². The summed E-state index contributed by atoms with van der Waals surface area (Å²) < 4.78 is 1.73. The maximum atomic E-state index is 12.4. The van der Waals surface area contributed by atoms with Gasteiger partial charge in [-0.2, -0.15) is 0 Å². The van der Waals surface area contributed by atoms with Crippen molar-refractivity contribution in [2.75, 3.05) is 13.2 Å². The molecule has 128 valence electrons. The van der Waals surface area contributed by atoms with Crippen LogP contribution in [0.1, 0.15) is 16.1 Å². The van der Waals surface area contributed by atoms with Crippen LogP contribution in [0.4, 0.5) is 0 Å². The molecule has 0 aliphatic heterocycles. The SMILES string of the molecule is O=C(NCC(CO)Cc1ccccn1)c1ccnc(-n2ccnc2)c1. The van der Waals surface area contributed by atoms with Crippen molar-refractivity contribution >= 4 is 5.91 Å². The second kappa shape index (κ2) is 8.16.